The molecule has 0 spiro atoms. The van der Waals surface area contributed by atoms with Crippen LogP contribution in [0.3, 0.4) is 0 Å². The van der Waals surface area contributed by atoms with E-state index in [1.54, 1.807) is 24.3 Å². The van der Waals surface area contributed by atoms with Crippen molar-refractivity contribution < 1.29 is 27.4 Å². The average Bonchev–Trinajstić information content (AvgIpc) is 3.54. The van der Waals surface area contributed by atoms with E-state index in [1.165, 1.54) is 24.6 Å². The molecule has 10 heteroatoms. The second-order valence-electron chi connectivity index (χ2n) is 7.32. The molecule has 8 nitrogen and oxygen atoms in total. The topological polar surface area (TPSA) is 104 Å². The molecule has 30 heavy (non-hydrogen) atoms. The molecule has 1 aromatic carbocycles. The van der Waals surface area contributed by atoms with Crippen molar-refractivity contribution in [3.8, 4) is 5.06 Å². The van der Waals surface area contributed by atoms with Crippen molar-refractivity contribution in [3.05, 3.63) is 36.0 Å². The average molecular weight is 453 g/mol. The van der Waals surface area contributed by atoms with E-state index in [-0.39, 0.29) is 22.2 Å². The van der Waals surface area contributed by atoms with E-state index >= 15 is 0 Å². The number of ether oxygens (including phenoxy) is 3. The van der Waals surface area contributed by atoms with Gasteiger partial charge in [0.25, 0.3) is 5.91 Å². The number of rotatable bonds is 8. The Balaban J connectivity index is 1.55. The Hall–Kier alpha value is -2.01. The van der Waals surface area contributed by atoms with Crippen LogP contribution < -0.4 is 10.1 Å². The van der Waals surface area contributed by atoms with Crippen LogP contribution >= 0.6 is 11.3 Å². The van der Waals surface area contributed by atoms with Crippen LogP contribution in [0, 0.1) is 0 Å². The summed E-state index contributed by atoms with van der Waals surface area (Å²) in [5, 5.41) is 3.49. The van der Waals surface area contributed by atoms with Crippen molar-refractivity contribution in [3.63, 3.8) is 0 Å². The molecule has 0 radical (unpaired) electrons. The first kappa shape index (κ1) is 21.2. The van der Waals surface area contributed by atoms with Gasteiger partial charge in [-0.05, 0) is 43.4 Å². The van der Waals surface area contributed by atoms with Crippen molar-refractivity contribution in [2.75, 3.05) is 25.6 Å². The zero-order valence-electron chi connectivity index (χ0n) is 16.6. The van der Waals surface area contributed by atoms with Crippen LogP contribution in [0.2, 0.25) is 0 Å². The molecule has 2 aromatic rings. The Morgan fingerprint density at radius 2 is 1.90 bits per heavy atom. The van der Waals surface area contributed by atoms with Crippen molar-refractivity contribution >= 4 is 32.2 Å². The summed E-state index contributed by atoms with van der Waals surface area (Å²) in [6.45, 7) is 1.17. The molecule has 2 fully saturated rings. The van der Waals surface area contributed by atoms with Gasteiger partial charge in [-0.3, -0.25) is 10.1 Å². The largest absolute Gasteiger partial charge is 0.486 e. The fraction of sp³-hybridized carbons (Fsp3) is 0.500. The molecule has 1 atom stereocenters. The Kier molecular flexibility index (Phi) is 6.37. The van der Waals surface area contributed by atoms with Gasteiger partial charge in [-0.2, -0.15) is 0 Å². The van der Waals surface area contributed by atoms with E-state index in [4.69, 9.17) is 14.2 Å². The van der Waals surface area contributed by atoms with Crippen LogP contribution in [0.5, 0.6) is 5.06 Å². The Morgan fingerprint density at radius 3 is 2.50 bits per heavy atom. The van der Waals surface area contributed by atoms with E-state index in [9.17, 15) is 13.2 Å². The van der Waals surface area contributed by atoms with Crippen molar-refractivity contribution in [2.24, 2.45) is 0 Å². The van der Waals surface area contributed by atoms with E-state index in [0.717, 1.165) is 0 Å². The molecule has 162 valence electrons. The zero-order valence-corrected chi connectivity index (χ0v) is 18.2. The number of aromatic nitrogens is 1. The minimum Gasteiger partial charge on any atom is -0.486 e. The second-order valence-corrected chi connectivity index (χ2v) is 10.5. The normalized spacial score (nSPS) is 18.7. The maximum atomic E-state index is 13.0. The summed E-state index contributed by atoms with van der Waals surface area (Å²) in [5.74, 6) is -0.365. The summed E-state index contributed by atoms with van der Waals surface area (Å²) in [5.41, 5.74) is 0.595. The second kappa shape index (κ2) is 9.01. The Labute approximate surface area is 179 Å². The zero-order chi connectivity index (χ0) is 21.1. The van der Waals surface area contributed by atoms with Crippen molar-refractivity contribution in [1.29, 1.82) is 0 Å². The van der Waals surface area contributed by atoms with Gasteiger partial charge >= 0.3 is 0 Å². The molecule has 2 heterocycles. The summed E-state index contributed by atoms with van der Waals surface area (Å²) in [6, 6.07) is 6.43. The number of amides is 1. The lowest BCUT2D eigenvalue weighted by molar-refractivity contribution is -0.136. The van der Waals surface area contributed by atoms with E-state index in [0.29, 0.717) is 54.7 Å². The first-order valence-electron chi connectivity index (χ1n) is 9.85. The number of benzene rings is 1. The first-order valence-corrected chi connectivity index (χ1v) is 12.2. The maximum absolute atomic E-state index is 13.0. The molecule has 4 rings (SSSR count). The fourth-order valence-corrected chi connectivity index (χ4v) is 5.58. The van der Waals surface area contributed by atoms with Crippen LogP contribution in [0.1, 0.15) is 37.4 Å². The summed E-state index contributed by atoms with van der Waals surface area (Å²) in [7, 11) is -1.75. The number of carbonyl (C=O) groups excluding carboxylic acids is 1. The number of sulfone groups is 1. The number of anilines is 1. The highest BCUT2D eigenvalue weighted by Crippen LogP contribution is 2.34. The predicted octanol–water partition coefficient (Wildman–Crippen LogP) is 2.96. The Bertz CT molecular complexity index is 979. The number of nitrogens with one attached hydrogen (secondary N) is 1. The molecule has 2 aliphatic rings. The summed E-state index contributed by atoms with van der Waals surface area (Å²) >= 11 is 1.22. The van der Waals surface area contributed by atoms with E-state index in [1.807, 2.05) is 0 Å². The highest BCUT2D eigenvalue weighted by Gasteiger charge is 2.37. The molecule has 1 aliphatic carbocycles. The van der Waals surface area contributed by atoms with Crippen LogP contribution in [0.25, 0.3) is 0 Å². The van der Waals surface area contributed by atoms with Gasteiger partial charge in [0.2, 0.25) is 0 Å². The van der Waals surface area contributed by atoms with Gasteiger partial charge in [0.05, 0.1) is 29.6 Å². The van der Waals surface area contributed by atoms with Crippen LogP contribution in [0.15, 0.2) is 35.4 Å². The lowest BCUT2D eigenvalue weighted by Crippen LogP contribution is -2.31. The lowest BCUT2D eigenvalue weighted by atomic mass is 10.1. The lowest BCUT2D eigenvalue weighted by Gasteiger charge is -2.27. The third-order valence-corrected chi connectivity index (χ3v) is 8.28. The fourth-order valence-electron chi connectivity index (χ4n) is 3.28. The molecule has 1 saturated carbocycles. The van der Waals surface area contributed by atoms with E-state index in [2.05, 4.69) is 10.3 Å². The molecular formula is C20H24N2O6S2. The van der Waals surface area contributed by atoms with Gasteiger partial charge in [0.15, 0.2) is 26.1 Å². The molecule has 1 N–H and O–H groups in total. The van der Waals surface area contributed by atoms with Gasteiger partial charge in [0.1, 0.15) is 0 Å². The van der Waals surface area contributed by atoms with E-state index < -0.39 is 15.9 Å². The Morgan fingerprint density at radius 1 is 1.20 bits per heavy atom. The SMILES string of the molecule is COc1cnc(NC(=O)C(OC2CCOCC2)c2ccc(S(=O)(=O)C3CC3)cc2)s1. The number of hydrogen-bond acceptors (Lipinski definition) is 8. The molecule has 1 aliphatic heterocycles. The summed E-state index contributed by atoms with van der Waals surface area (Å²) in [4.78, 5) is 17.4. The minimum atomic E-state index is -3.28. The van der Waals surface area contributed by atoms with Crippen LogP contribution in [-0.2, 0) is 24.1 Å². The third kappa shape index (κ3) is 4.83. The smallest absolute Gasteiger partial charge is 0.259 e. The van der Waals surface area contributed by atoms with Gasteiger partial charge in [0, 0.05) is 13.2 Å². The minimum absolute atomic E-state index is 0.116. The van der Waals surface area contributed by atoms with Crippen LogP contribution in [-0.4, -0.2) is 51.0 Å². The van der Waals surface area contributed by atoms with Crippen LogP contribution in [0.4, 0.5) is 5.13 Å². The highest BCUT2D eigenvalue weighted by molar-refractivity contribution is 7.92. The molecular weight excluding hydrogens is 428 g/mol. The quantitative estimate of drug-likeness (QED) is 0.657. The number of carbonyl (C=O) groups is 1. The first-order chi connectivity index (χ1) is 14.5. The number of thiazole rings is 1. The molecule has 0 bridgehead atoms. The monoisotopic (exact) mass is 452 g/mol. The predicted molar refractivity (Wildman–Crippen MR) is 112 cm³/mol. The van der Waals surface area contributed by atoms with Gasteiger partial charge in [-0.1, -0.05) is 23.5 Å². The number of nitrogens with zero attached hydrogens (tertiary/aromatic N) is 1. The maximum Gasteiger partial charge on any atom is 0.259 e. The van der Waals surface area contributed by atoms with Gasteiger partial charge < -0.3 is 14.2 Å². The van der Waals surface area contributed by atoms with Crippen molar-refractivity contribution in [2.45, 2.75) is 48.0 Å². The molecule has 1 aromatic heterocycles. The summed E-state index contributed by atoms with van der Waals surface area (Å²) in [6.07, 6.45) is 3.34. The molecule has 1 unspecified atom stereocenters. The highest BCUT2D eigenvalue weighted by atomic mass is 32.2. The van der Waals surface area contributed by atoms with Crippen molar-refractivity contribution in [1.82, 2.24) is 4.98 Å². The standard InChI is InChI=1S/C20H24N2O6S2/c1-26-17-12-21-20(29-17)22-19(23)18(28-14-8-10-27-11-9-14)13-2-4-15(5-3-13)30(24,25)16-6-7-16/h2-5,12,14,16,18H,6-11H2,1H3,(H,21,22,23). The molecule has 1 saturated heterocycles. The number of hydrogen-bond donors (Lipinski definition) is 1. The number of methoxy groups -OCH3 is 1. The van der Waals surface area contributed by atoms with Gasteiger partial charge in [-0.15, -0.1) is 0 Å². The summed E-state index contributed by atoms with van der Waals surface area (Å²) < 4.78 is 41.5. The molecule has 1 amide bonds. The van der Waals surface area contributed by atoms with Gasteiger partial charge in [-0.25, -0.2) is 13.4 Å². The third-order valence-electron chi connectivity index (χ3n) is 5.13.